The fraction of sp³-hybridized carbons (Fsp3) is 0.235. The van der Waals surface area contributed by atoms with E-state index >= 15 is 0 Å². The first-order chi connectivity index (χ1) is 12.8. The van der Waals surface area contributed by atoms with Crippen LogP contribution >= 0.6 is 0 Å². The van der Waals surface area contributed by atoms with Crippen molar-refractivity contribution in [1.29, 1.82) is 0 Å². The minimum atomic E-state index is -3.24. The van der Waals surface area contributed by atoms with Crippen molar-refractivity contribution in [3.63, 3.8) is 0 Å². The molecular weight excluding hydrogens is 372 g/mol. The first-order valence-corrected chi connectivity index (χ1v) is 9.99. The Kier molecular flexibility index (Phi) is 6.72. The Balaban J connectivity index is 1.98. The van der Waals surface area contributed by atoms with Crippen LogP contribution in [0, 0.1) is 0 Å². The molecular formula is C17H20N4O5S. The van der Waals surface area contributed by atoms with E-state index in [0.29, 0.717) is 17.9 Å². The maximum Gasteiger partial charge on any atom is 0.269 e. The molecule has 0 saturated carbocycles. The van der Waals surface area contributed by atoms with Crippen molar-refractivity contribution in [2.75, 3.05) is 24.7 Å². The number of aromatic amines is 1. The predicted molar refractivity (Wildman–Crippen MR) is 100 cm³/mol. The molecule has 0 unspecified atom stereocenters. The number of carbonyl (C=O) groups excluding carboxylic acids is 2. The van der Waals surface area contributed by atoms with Gasteiger partial charge in [-0.05, 0) is 19.1 Å². The largest absolute Gasteiger partial charge is 0.493 e. The van der Waals surface area contributed by atoms with Crippen LogP contribution < -0.4 is 15.4 Å². The van der Waals surface area contributed by atoms with Crippen molar-refractivity contribution in [3.05, 3.63) is 53.1 Å². The van der Waals surface area contributed by atoms with E-state index in [2.05, 4.69) is 20.8 Å². The van der Waals surface area contributed by atoms with Gasteiger partial charge in [0, 0.05) is 24.3 Å². The van der Waals surface area contributed by atoms with Gasteiger partial charge in [0.15, 0.2) is 15.7 Å². The minimum absolute atomic E-state index is 0.0361. The summed E-state index contributed by atoms with van der Waals surface area (Å²) < 4.78 is 27.4. The predicted octanol–water partition coefficient (Wildman–Crippen LogP) is 1.35. The third kappa shape index (κ3) is 6.26. The molecule has 0 aliphatic rings. The summed E-state index contributed by atoms with van der Waals surface area (Å²) in [4.78, 5) is 24.4. The smallest absolute Gasteiger partial charge is 0.269 e. The van der Waals surface area contributed by atoms with E-state index in [9.17, 15) is 18.0 Å². The van der Waals surface area contributed by atoms with Crippen LogP contribution in [0.5, 0.6) is 5.75 Å². The highest BCUT2D eigenvalue weighted by Crippen LogP contribution is 2.19. The molecule has 0 atom stereocenters. The molecule has 2 rings (SSSR count). The monoisotopic (exact) mass is 392 g/mol. The number of ether oxygens (including phenoxy) is 1. The summed E-state index contributed by atoms with van der Waals surface area (Å²) in [7, 11) is -3.24. The van der Waals surface area contributed by atoms with Gasteiger partial charge in [-0.1, -0.05) is 18.2 Å². The lowest BCUT2D eigenvalue weighted by molar-refractivity contribution is 0.0952. The van der Waals surface area contributed by atoms with Crippen LogP contribution in [-0.4, -0.2) is 49.8 Å². The lowest BCUT2D eigenvalue weighted by Gasteiger charge is -2.08. The molecule has 0 saturated heterocycles. The topological polar surface area (TPSA) is 130 Å². The highest BCUT2D eigenvalue weighted by molar-refractivity contribution is 7.93. The molecule has 0 aliphatic carbocycles. The molecule has 1 heterocycles. The molecule has 2 aromatic rings. The summed E-state index contributed by atoms with van der Waals surface area (Å²) in [6, 6.07) is 8.15. The van der Waals surface area contributed by atoms with Gasteiger partial charge in [-0.15, -0.1) is 0 Å². The van der Waals surface area contributed by atoms with Gasteiger partial charge in [-0.2, -0.15) is 5.10 Å². The molecule has 144 valence electrons. The van der Waals surface area contributed by atoms with E-state index in [4.69, 9.17) is 4.74 Å². The number of para-hydroxylation sites is 1. The van der Waals surface area contributed by atoms with Crippen molar-refractivity contribution < 1.29 is 22.7 Å². The number of aromatic nitrogens is 2. The highest BCUT2D eigenvalue weighted by atomic mass is 32.2. The molecule has 2 amide bonds. The number of carbonyl (C=O) groups is 2. The van der Waals surface area contributed by atoms with Crippen LogP contribution in [0.4, 0.5) is 5.82 Å². The number of nitrogens with zero attached hydrogens (tertiary/aromatic N) is 1. The van der Waals surface area contributed by atoms with Crippen LogP contribution in [0.25, 0.3) is 0 Å². The Morgan fingerprint density at radius 1 is 1.26 bits per heavy atom. The highest BCUT2D eigenvalue weighted by Gasteiger charge is 2.15. The fourth-order valence-electron chi connectivity index (χ4n) is 2.09. The maximum absolute atomic E-state index is 12.4. The minimum Gasteiger partial charge on any atom is -0.493 e. The van der Waals surface area contributed by atoms with E-state index in [1.54, 1.807) is 24.3 Å². The maximum atomic E-state index is 12.4. The van der Waals surface area contributed by atoms with Gasteiger partial charge in [-0.3, -0.25) is 14.7 Å². The molecule has 27 heavy (non-hydrogen) atoms. The lowest BCUT2D eigenvalue weighted by atomic mass is 10.2. The zero-order chi connectivity index (χ0) is 19.9. The van der Waals surface area contributed by atoms with E-state index in [1.165, 1.54) is 12.1 Å². The Morgan fingerprint density at radius 3 is 2.70 bits per heavy atom. The second-order valence-corrected chi connectivity index (χ2v) is 7.39. The van der Waals surface area contributed by atoms with Gasteiger partial charge >= 0.3 is 0 Å². The normalized spacial score (nSPS) is 11.3. The molecule has 1 aromatic carbocycles. The lowest BCUT2D eigenvalue weighted by Crippen LogP contribution is -2.23. The molecule has 0 spiro atoms. The van der Waals surface area contributed by atoms with Crippen LogP contribution in [0.2, 0.25) is 0 Å². The number of amides is 2. The molecule has 1 aromatic heterocycles. The number of hydrogen-bond donors (Lipinski definition) is 3. The Labute approximate surface area is 156 Å². The number of benzene rings is 1. The molecule has 0 bridgehead atoms. The van der Waals surface area contributed by atoms with Crippen LogP contribution in [0.3, 0.4) is 0 Å². The van der Waals surface area contributed by atoms with Gasteiger partial charge in [0.2, 0.25) is 0 Å². The SMILES string of the molecule is CCOc1ccccc1C(=O)Nc1cc(C(=O)NC/C=C/S(C)(=O)=O)[nH]n1. The van der Waals surface area contributed by atoms with Crippen molar-refractivity contribution in [2.24, 2.45) is 0 Å². The zero-order valence-electron chi connectivity index (χ0n) is 14.9. The molecule has 0 radical (unpaired) electrons. The van der Waals surface area contributed by atoms with Crippen molar-refractivity contribution in [2.45, 2.75) is 6.92 Å². The Bertz CT molecular complexity index is 950. The van der Waals surface area contributed by atoms with E-state index in [0.717, 1.165) is 11.7 Å². The summed E-state index contributed by atoms with van der Waals surface area (Å²) >= 11 is 0. The Morgan fingerprint density at radius 2 is 2.00 bits per heavy atom. The average Bonchev–Trinajstić information content (AvgIpc) is 3.07. The van der Waals surface area contributed by atoms with E-state index < -0.39 is 21.7 Å². The van der Waals surface area contributed by atoms with Gasteiger partial charge in [0.05, 0.1) is 12.2 Å². The van der Waals surface area contributed by atoms with Gasteiger partial charge in [0.1, 0.15) is 11.4 Å². The summed E-state index contributed by atoms with van der Waals surface area (Å²) in [6.45, 7) is 2.28. The number of hydrogen-bond acceptors (Lipinski definition) is 6. The first-order valence-electron chi connectivity index (χ1n) is 8.03. The van der Waals surface area contributed by atoms with Gasteiger partial charge < -0.3 is 15.4 Å². The van der Waals surface area contributed by atoms with E-state index in [1.807, 2.05) is 6.92 Å². The number of rotatable bonds is 8. The van der Waals surface area contributed by atoms with E-state index in [-0.39, 0.29) is 18.1 Å². The second kappa shape index (κ2) is 8.99. The summed E-state index contributed by atoms with van der Waals surface area (Å²) in [5, 5.41) is 12.5. The molecule has 3 N–H and O–H groups in total. The standard InChI is InChI=1S/C17H20N4O5S/c1-3-26-14-8-5-4-7-12(14)16(22)19-15-11-13(20-21-15)17(23)18-9-6-10-27(2,24)25/h4-8,10-11H,3,9H2,1-2H3,(H,18,23)(H2,19,20,21,22)/b10-6+. The average molecular weight is 392 g/mol. The summed E-state index contributed by atoms with van der Waals surface area (Å²) in [5.41, 5.74) is 0.468. The number of anilines is 1. The molecule has 10 heteroatoms. The van der Waals surface area contributed by atoms with Crippen LogP contribution in [0.1, 0.15) is 27.8 Å². The number of nitrogens with one attached hydrogen (secondary N) is 3. The quantitative estimate of drug-likeness (QED) is 0.622. The molecule has 0 aliphatic heterocycles. The third-order valence-corrected chi connectivity index (χ3v) is 3.91. The van der Waals surface area contributed by atoms with Crippen molar-refractivity contribution in [3.8, 4) is 5.75 Å². The zero-order valence-corrected chi connectivity index (χ0v) is 15.7. The summed E-state index contributed by atoms with van der Waals surface area (Å²) in [6.07, 6.45) is 2.37. The van der Waals surface area contributed by atoms with Gasteiger partial charge in [0.25, 0.3) is 11.8 Å². The Hall–Kier alpha value is -3.14. The summed E-state index contributed by atoms with van der Waals surface area (Å²) in [5.74, 6) is -0.295. The van der Waals surface area contributed by atoms with Gasteiger partial charge in [-0.25, -0.2) is 8.42 Å². The van der Waals surface area contributed by atoms with Crippen molar-refractivity contribution >= 4 is 27.5 Å². The number of H-pyrrole nitrogens is 1. The second-order valence-electron chi connectivity index (χ2n) is 5.46. The van der Waals surface area contributed by atoms with Crippen molar-refractivity contribution in [1.82, 2.24) is 15.5 Å². The number of sulfone groups is 1. The van der Waals surface area contributed by atoms with Crippen LogP contribution in [0.15, 0.2) is 41.8 Å². The molecule has 0 fully saturated rings. The molecule has 9 nitrogen and oxygen atoms in total. The van der Waals surface area contributed by atoms with Crippen LogP contribution in [-0.2, 0) is 9.84 Å². The first kappa shape index (κ1) is 20.2. The third-order valence-electron chi connectivity index (χ3n) is 3.22. The fourth-order valence-corrected chi connectivity index (χ4v) is 2.54.